The summed E-state index contributed by atoms with van der Waals surface area (Å²) in [5, 5.41) is 0. The largest absolute Gasteiger partial charge is 0.369 e. The molecule has 0 fully saturated rings. The molecule has 0 aliphatic rings. The van der Waals surface area contributed by atoms with E-state index in [1.165, 1.54) is 0 Å². The molecule has 1 atom stereocenters. The number of hydrogen-bond donors (Lipinski definition) is 1. The predicted octanol–water partition coefficient (Wildman–Crippen LogP) is 3.70. The van der Waals surface area contributed by atoms with Gasteiger partial charge in [-0.3, -0.25) is 0 Å². The first-order valence-electron chi connectivity index (χ1n) is 5.64. The Bertz CT molecular complexity index is 524. The molecular formula is C12H16BrN3S. The van der Waals surface area contributed by atoms with Crippen LogP contribution in [0.3, 0.4) is 0 Å². The lowest BCUT2D eigenvalue weighted by molar-refractivity contribution is 0.637. The van der Waals surface area contributed by atoms with E-state index in [9.17, 15) is 0 Å². The van der Waals surface area contributed by atoms with Crippen molar-refractivity contribution in [2.24, 2.45) is 0 Å². The fraction of sp³-hybridized carbons (Fsp3) is 0.417. The van der Waals surface area contributed by atoms with Crippen LogP contribution >= 0.6 is 27.7 Å². The molecular weight excluding hydrogens is 298 g/mol. The summed E-state index contributed by atoms with van der Waals surface area (Å²) in [6, 6.07) is 6.46. The number of nitrogens with two attached hydrogens (primary N) is 1. The van der Waals surface area contributed by atoms with Gasteiger partial charge in [-0.15, -0.1) is 0 Å². The molecule has 0 saturated carbocycles. The van der Waals surface area contributed by atoms with Gasteiger partial charge in [0.25, 0.3) is 0 Å². The van der Waals surface area contributed by atoms with Gasteiger partial charge in [0.1, 0.15) is 0 Å². The topological polar surface area (TPSA) is 43.8 Å². The zero-order valence-corrected chi connectivity index (χ0v) is 12.4. The molecule has 2 aromatic rings. The van der Waals surface area contributed by atoms with Crippen molar-refractivity contribution in [2.75, 3.05) is 17.2 Å². The molecule has 0 aliphatic carbocycles. The zero-order valence-electron chi connectivity index (χ0n) is 9.98. The third-order valence-electron chi connectivity index (χ3n) is 2.68. The van der Waals surface area contributed by atoms with Crippen molar-refractivity contribution in [3.8, 4) is 0 Å². The number of thioether (sulfide) groups is 1. The molecule has 0 aliphatic heterocycles. The van der Waals surface area contributed by atoms with E-state index in [4.69, 9.17) is 5.73 Å². The van der Waals surface area contributed by atoms with Gasteiger partial charge in [-0.2, -0.15) is 11.8 Å². The van der Waals surface area contributed by atoms with Crippen molar-refractivity contribution in [3.05, 3.63) is 22.7 Å². The van der Waals surface area contributed by atoms with E-state index in [1.807, 2.05) is 23.9 Å². The van der Waals surface area contributed by atoms with Gasteiger partial charge in [0, 0.05) is 16.3 Å². The normalized spacial score (nSPS) is 13.1. The summed E-state index contributed by atoms with van der Waals surface area (Å²) < 4.78 is 3.15. The second kappa shape index (κ2) is 5.31. The van der Waals surface area contributed by atoms with Crippen molar-refractivity contribution in [2.45, 2.75) is 19.9 Å². The summed E-state index contributed by atoms with van der Waals surface area (Å²) in [4.78, 5) is 4.40. The monoisotopic (exact) mass is 313 g/mol. The first-order valence-corrected chi connectivity index (χ1v) is 7.59. The van der Waals surface area contributed by atoms with Crippen molar-refractivity contribution in [3.63, 3.8) is 0 Å². The number of nitrogen functional groups attached to an aromatic ring is 1. The van der Waals surface area contributed by atoms with Gasteiger partial charge >= 0.3 is 0 Å². The molecule has 0 bridgehead atoms. The SMILES string of the molecule is CCSCC(C)n1c(N)nc2cc(Br)ccc21. The Kier molecular flexibility index (Phi) is 3.99. The number of hydrogen-bond acceptors (Lipinski definition) is 3. The second-order valence-corrected chi connectivity index (χ2v) is 6.22. The number of imidazole rings is 1. The van der Waals surface area contributed by atoms with Crippen LogP contribution in [0, 0.1) is 0 Å². The first-order chi connectivity index (χ1) is 8.13. The Morgan fingerprint density at radius 1 is 1.53 bits per heavy atom. The lowest BCUT2D eigenvalue weighted by atomic mass is 10.3. The highest BCUT2D eigenvalue weighted by Gasteiger charge is 2.13. The maximum Gasteiger partial charge on any atom is 0.201 e. The van der Waals surface area contributed by atoms with E-state index >= 15 is 0 Å². The van der Waals surface area contributed by atoms with Crippen molar-refractivity contribution >= 4 is 44.7 Å². The summed E-state index contributed by atoms with van der Waals surface area (Å²) in [5.74, 6) is 2.78. The Labute approximate surface area is 114 Å². The van der Waals surface area contributed by atoms with Crippen LogP contribution in [0.1, 0.15) is 19.9 Å². The molecule has 3 nitrogen and oxygen atoms in total. The summed E-state index contributed by atoms with van der Waals surface area (Å²) in [6.45, 7) is 4.35. The molecule has 0 radical (unpaired) electrons. The zero-order chi connectivity index (χ0) is 12.4. The number of aromatic nitrogens is 2. The molecule has 2 rings (SSSR count). The molecule has 0 amide bonds. The van der Waals surface area contributed by atoms with Crippen molar-refractivity contribution in [1.82, 2.24) is 9.55 Å². The van der Waals surface area contributed by atoms with Gasteiger partial charge < -0.3 is 10.3 Å². The van der Waals surface area contributed by atoms with E-state index in [0.29, 0.717) is 12.0 Å². The van der Waals surface area contributed by atoms with Gasteiger partial charge in [0.15, 0.2) is 0 Å². The van der Waals surface area contributed by atoms with E-state index in [2.05, 4.69) is 45.4 Å². The highest BCUT2D eigenvalue weighted by Crippen LogP contribution is 2.26. The van der Waals surface area contributed by atoms with E-state index in [-0.39, 0.29) is 0 Å². The Morgan fingerprint density at radius 3 is 3.00 bits per heavy atom. The summed E-state index contributed by atoms with van der Waals surface area (Å²) >= 11 is 5.37. The van der Waals surface area contributed by atoms with Gasteiger partial charge in [0.05, 0.1) is 11.0 Å². The molecule has 92 valence electrons. The third kappa shape index (κ3) is 2.60. The Hall–Kier alpha value is -0.680. The number of nitrogens with zero attached hydrogens (tertiary/aromatic N) is 2. The molecule has 0 spiro atoms. The van der Waals surface area contributed by atoms with Crippen LogP contribution in [0.4, 0.5) is 5.95 Å². The van der Waals surface area contributed by atoms with E-state index in [0.717, 1.165) is 27.0 Å². The quantitative estimate of drug-likeness (QED) is 0.936. The van der Waals surface area contributed by atoms with Crippen molar-refractivity contribution in [1.29, 1.82) is 0 Å². The molecule has 1 aromatic heterocycles. The minimum Gasteiger partial charge on any atom is -0.369 e. The maximum atomic E-state index is 6.00. The van der Waals surface area contributed by atoms with Crippen LogP contribution in [-0.2, 0) is 0 Å². The Balaban J connectivity index is 2.42. The second-order valence-electron chi connectivity index (χ2n) is 3.98. The average molecular weight is 314 g/mol. The fourth-order valence-electron chi connectivity index (χ4n) is 1.92. The number of anilines is 1. The lowest BCUT2D eigenvalue weighted by Gasteiger charge is -2.15. The van der Waals surface area contributed by atoms with Crippen LogP contribution < -0.4 is 5.73 Å². The third-order valence-corrected chi connectivity index (χ3v) is 4.30. The molecule has 1 unspecified atom stereocenters. The van der Waals surface area contributed by atoms with Crippen LogP contribution in [0.2, 0.25) is 0 Å². The van der Waals surface area contributed by atoms with Crippen LogP contribution in [-0.4, -0.2) is 21.1 Å². The van der Waals surface area contributed by atoms with E-state index in [1.54, 1.807) is 0 Å². The molecule has 1 aromatic carbocycles. The van der Waals surface area contributed by atoms with Gasteiger partial charge in [-0.25, -0.2) is 4.98 Å². The number of fused-ring (bicyclic) bond motifs is 1. The molecule has 5 heteroatoms. The molecule has 1 heterocycles. The predicted molar refractivity (Wildman–Crippen MR) is 79.6 cm³/mol. The van der Waals surface area contributed by atoms with Crippen LogP contribution in [0.5, 0.6) is 0 Å². The number of benzene rings is 1. The fourth-order valence-corrected chi connectivity index (χ4v) is 2.99. The summed E-state index contributed by atoms with van der Waals surface area (Å²) in [7, 11) is 0. The van der Waals surface area contributed by atoms with Gasteiger partial charge in [-0.05, 0) is 30.9 Å². The summed E-state index contributed by atoms with van der Waals surface area (Å²) in [5.41, 5.74) is 8.06. The molecule has 0 saturated heterocycles. The average Bonchev–Trinajstić information content (AvgIpc) is 2.61. The Morgan fingerprint density at radius 2 is 2.29 bits per heavy atom. The van der Waals surface area contributed by atoms with Crippen LogP contribution in [0.25, 0.3) is 11.0 Å². The van der Waals surface area contributed by atoms with Gasteiger partial charge in [0.2, 0.25) is 5.95 Å². The van der Waals surface area contributed by atoms with Crippen molar-refractivity contribution < 1.29 is 0 Å². The van der Waals surface area contributed by atoms with Crippen LogP contribution in [0.15, 0.2) is 22.7 Å². The summed E-state index contributed by atoms with van der Waals surface area (Å²) in [6.07, 6.45) is 0. The maximum absolute atomic E-state index is 6.00. The lowest BCUT2D eigenvalue weighted by Crippen LogP contribution is -2.11. The molecule has 17 heavy (non-hydrogen) atoms. The minimum absolute atomic E-state index is 0.367. The smallest absolute Gasteiger partial charge is 0.201 e. The minimum atomic E-state index is 0.367. The molecule has 2 N–H and O–H groups in total. The highest BCUT2D eigenvalue weighted by atomic mass is 79.9. The van der Waals surface area contributed by atoms with E-state index < -0.39 is 0 Å². The van der Waals surface area contributed by atoms with Gasteiger partial charge in [-0.1, -0.05) is 22.9 Å². The first kappa shape index (κ1) is 12.8. The number of halogens is 1. The number of rotatable bonds is 4. The highest BCUT2D eigenvalue weighted by molar-refractivity contribution is 9.10. The standard InChI is InChI=1S/C12H16BrN3S/c1-3-17-7-8(2)16-11-5-4-9(13)6-10(11)15-12(16)14/h4-6,8H,3,7H2,1-2H3,(H2,14,15).